The highest BCUT2D eigenvalue weighted by molar-refractivity contribution is 7.12. The molecule has 0 aliphatic rings. The van der Waals surface area contributed by atoms with Crippen LogP contribution < -0.4 is 5.32 Å². The minimum absolute atomic E-state index is 0.143. The van der Waals surface area contributed by atoms with Crippen molar-refractivity contribution in [3.05, 3.63) is 51.7 Å². The number of nitrogens with one attached hydrogen (secondary N) is 1. The van der Waals surface area contributed by atoms with Crippen molar-refractivity contribution < 1.29 is 18.3 Å². The molecule has 20 heavy (non-hydrogen) atoms. The Morgan fingerprint density at radius 1 is 1.20 bits per heavy atom. The molecule has 0 spiro atoms. The molecule has 2 rings (SSSR count). The molecule has 0 saturated heterocycles. The molecule has 1 aromatic heterocycles. The maximum Gasteiger partial charge on any atom is 0.310 e. The van der Waals surface area contributed by atoms with E-state index in [9.17, 15) is 13.6 Å². The van der Waals surface area contributed by atoms with Gasteiger partial charge in [-0.2, -0.15) is 0 Å². The minimum Gasteiger partial charge on any atom is -0.469 e. The van der Waals surface area contributed by atoms with Crippen LogP contribution in [-0.4, -0.2) is 13.1 Å². The second-order valence-electron chi connectivity index (χ2n) is 4.07. The number of methoxy groups -OCH3 is 1. The number of halogens is 2. The van der Waals surface area contributed by atoms with Crippen LogP contribution in [0, 0.1) is 11.6 Å². The first kappa shape index (κ1) is 14.5. The molecule has 1 aromatic carbocycles. The molecule has 0 radical (unpaired) electrons. The summed E-state index contributed by atoms with van der Waals surface area (Å²) in [6.45, 7) is 0.295. The van der Waals surface area contributed by atoms with Crippen molar-refractivity contribution in [2.75, 3.05) is 12.4 Å². The lowest BCUT2D eigenvalue weighted by Gasteiger charge is -2.07. The smallest absolute Gasteiger partial charge is 0.310 e. The first-order valence-corrected chi connectivity index (χ1v) is 6.74. The Morgan fingerprint density at radius 2 is 1.85 bits per heavy atom. The van der Waals surface area contributed by atoms with Crippen LogP contribution in [0.25, 0.3) is 0 Å². The number of esters is 1. The van der Waals surface area contributed by atoms with Crippen molar-refractivity contribution in [3.63, 3.8) is 0 Å². The standard InChI is InChI=1S/C14H13F2NO2S/c1-19-13(18)7-9-5-6-10(20-9)8-17-14-11(15)3-2-4-12(14)16/h2-6,17H,7-8H2,1H3. The molecule has 0 aliphatic carbocycles. The highest BCUT2D eigenvalue weighted by atomic mass is 32.1. The van der Waals surface area contributed by atoms with Gasteiger partial charge in [-0.1, -0.05) is 6.07 Å². The highest BCUT2D eigenvalue weighted by Crippen LogP contribution is 2.22. The van der Waals surface area contributed by atoms with Crippen LogP contribution >= 0.6 is 11.3 Å². The maximum atomic E-state index is 13.4. The molecule has 0 aliphatic heterocycles. The van der Waals surface area contributed by atoms with Gasteiger partial charge in [-0.25, -0.2) is 8.78 Å². The van der Waals surface area contributed by atoms with Gasteiger partial charge in [0.2, 0.25) is 0 Å². The van der Waals surface area contributed by atoms with Gasteiger partial charge >= 0.3 is 5.97 Å². The second-order valence-corrected chi connectivity index (χ2v) is 5.32. The van der Waals surface area contributed by atoms with Crippen molar-refractivity contribution in [1.29, 1.82) is 0 Å². The van der Waals surface area contributed by atoms with E-state index in [0.29, 0.717) is 6.54 Å². The van der Waals surface area contributed by atoms with Crippen LogP contribution in [0.2, 0.25) is 0 Å². The van der Waals surface area contributed by atoms with Gasteiger partial charge in [-0.3, -0.25) is 4.79 Å². The number of ether oxygens (including phenoxy) is 1. The third-order valence-corrected chi connectivity index (χ3v) is 3.75. The van der Waals surface area contributed by atoms with E-state index in [1.54, 1.807) is 6.07 Å². The number of hydrogen-bond acceptors (Lipinski definition) is 4. The predicted octanol–water partition coefficient (Wildman–Crippen LogP) is 3.35. The highest BCUT2D eigenvalue weighted by Gasteiger charge is 2.09. The topological polar surface area (TPSA) is 38.3 Å². The number of para-hydroxylation sites is 1. The fourth-order valence-electron chi connectivity index (χ4n) is 1.67. The molecule has 6 heteroatoms. The van der Waals surface area contributed by atoms with E-state index in [1.807, 2.05) is 6.07 Å². The average Bonchev–Trinajstić information content (AvgIpc) is 2.85. The molecule has 0 saturated carbocycles. The molecule has 0 atom stereocenters. The van der Waals surface area contributed by atoms with E-state index in [4.69, 9.17) is 0 Å². The van der Waals surface area contributed by atoms with Crippen LogP contribution in [0.1, 0.15) is 9.75 Å². The summed E-state index contributed by atoms with van der Waals surface area (Å²) in [5, 5.41) is 2.72. The average molecular weight is 297 g/mol. The van der Waals surface area contributed by atoms with Gasteiger partial charge in [0.15, 0.2) is 0 Å². The number of thiophene rings is 1. The molecule has 0 unspecified atom stereocenters. The SMILES string of the molecule is COC(=O)Cc1ccc(CNc2c(F)cccc2F)s1. The Morgan fingerprint density at radius 3 is 2.50 bits per heavy atom. The van der Waals surface area contributed by atoms with E-state index >= 15 is 0 Å². The first-order valence-electron chi connectivity index (χ1n) is 5.92. The van der Waals surface area contributed by atoms with Crippen LogP contribution in [-0.2, 0) is 22.5 Å². The summed E-state index contributed by atoms with van der Waals surface area (Å²) in [6.07, 6.45) is 0.204. The quantitative estimate of drug-likeness (QED) is 0.860. The molecule has 0 amide bonds. The third-order valence-electron chi connectivity index (χ3n) is 2.67. The lowest BCUT2D eigenvalue weighted by atomic mass is 10.3. The predicted molar refractivity (Wildman–Crippen MR) is 73.7 cm³/mol. The van der Waals surface area contributed by atoms with E-state index in [2.05, 4.69) is 10.1 Å². The largest absolute Gasteiger partial charge is 0.469 e. The molecule has 3 nitrogen and oxygen atoms in total. The summed E-state index contributed by atoms with van der Waals surface area (Å²) in [6, 6.07) is 7.32. The van der Waals surface area contributed by atoms with Crippen molar-refractivity contribution >= 4 is 23.0 Å². The van der Waals surface area contributed by atoms with Crippen LogP contribution in [0.5, 0.6) is 0 Å². The zero-order chi connectivity index (χ0) is 14.5. The van der Waals surface area contributed by atoms with E-state index in [-0.39, 0.29) is 18.1 Å². The number of rotatable bonds is 5. The second kappa shape index (κ2) is 6.47. The number of carbonyl (C=O) groups is 1. The fraction of sp³-hybridized carbons (Fsp3) is 0.214. The van der Waals surface area contributed by atoms with Crippen LogP contribution in [0.4, 0.5) is 14.5 Å². The normalized spacial score (nSPS) is 10.3. The van der Waals surface area contributed by atoms with E-state index < -0.39 is 11.6 Å². The van der Waals surface area contributed by atoms with Crippen molar-refractivity contribution in [3.8, 4) is 0 Å². The summed E-state index contributed by atoms with van der Waals surface area (Å²) in [5.41, 5.74) is -0.143. The van der Waals surface area contributed by atoms with Gasteiger partial charge in [0.1, 0.15) is 17.3 Å². The zero-order valence-electron chi connectivity index (χ0n) is 10.8. The Balaban J connectivity index is 1.99. The Bertz CT molecular complexity index is 593. The number of hydrogen-bond donors (Lipinski definition) is 1. The summed E-state index contributed by atoms with van der Waals surface area (Å²) >= 11 is 1.40. The van der Waals surface area contributed by atoms with Gasteiger partial charge in [0.25, 0.3) is 0 Å². The molecule has 0 bridgehead atoms. The Kier molecular flexibility index (Phi) is 4.68. The van der Waals surface area contributed by atoms with Crippen molar-refractivity contribution in [2.24, 2.45) is 0 Å². The third kappa shape index (κ3) is 3.54. The zero-order valence-corrected chi connectivity index (χ0v) is 11.6. The van der Waals surface area contributed by atoms with E-state index in [0.717, 1.165) is 9.75 Å². The minimum atomic E-state index is -0.628. The van der Waals surface area contributed by atoms with Gasteiger partial charge in [0.05, 0.1) is 13.5 Å². The van der Waals surface area contributed by atoms with Crippen molar-refractivity contribution in [2.45, 2.75) is 13.0 Å². The van der Waals surface area contributed by atoms with Gasteiger partial charge in [-0.05, 0) is 24.3 Å². The van der Waals surface area contributed by atoms with Crippen LogP contribution in [0.3, 0.4) is 0 Å². The molecular weight excluding hydrogens is 284 g/mol. The molecular formula is C14H13F2NO2S. The Hall–Kier alpha value is -1.95. The molecule has 0 fully saturated rings. The Labute approximate surface area is 119 Å². The molecule has 2 aromatic rings. The van der Waals surface area contributed by atoms with Crippen LogP contribution in [0.15, 0.2) is 30.3 Å². The number of anilines is 1. The monoisotopic (exact) mass is 297 g/mol. The maximum absolute atomic E-state index is 13.4. The molecule has 1 N–H and O–H groups in total. The molecule has 106 valence electrons. The van der Waals surface area contributed by atoms with Gasteiger partial charge < -0.3 is 10.1 Å². The number of benzene rings is 1. The lowest BCUT2D eigenvalue weighted by Crippen LogP contribution is -2.03. The van der Waals surface area contributed by atoms with Crippen molar-refractivity contribution in [1.82, 2.24) is 0 Å². The summed E-state index contributed by atoms with van der Waals surface area (Å²) in [4.78, 5) is 12.9. The summed E-state index contributed by atoms with van der Waals surface area (Å²) in [7, 11) is 1.33. The lowest BCUT2D eigenvalue weighted by molar-refractivity contribution is -0.139. The number of carbonyl (C=O) groups excluding carboxylic acids is 1. The van der Waals surface area contributed by atoms with E-state index in [1.165, 1.54) is 36.6 Å². The summed E-state index contributed by atoms with van der Waals surface area (Å²) in [5.74, 6) is -1.57. The van der Waals surface area contributed by atoms with Gasteiger partial charge in [-0.15, -0.1) is 11.3 Å². The first-order chi connectivity index (χ1) is 9.60. The molecule has 1 heterocycles. The van der Waals surface area contributed by atoms with Gasteiger partial charge in [0, 0.05) is 16.3 Å². The fourth-order valence-corrected chi connectivity index (χ4v) is 2.61. The summed E-state index contributed by atoms with van der Waals surface area (Å²) < 4.78 is 31.4.